The van der Waals surface area contributed by atoms with Gasteiger partial charge < -0.3 is 4.57 Å². The third-order valence-electron chi connectivity index (χ3n) is 2.72. The van der Waals surface area contributed by atoms with Gasteiger partial charge in [0.2, 0.25) is 0 Å². The van der Waals surface area contributed by atoms with Crippen molar-refractivity contribution in [3.63, 3.8) is 0 Å². The molecule has 1 aromatic carbocycles. The quantitative estimate of drug-likeness (QED) is 0.723. The van der Waals surface area contributed by atoms with Crippen molar-refractivity contribution >= 4 is 34.0 Å². The molecule has 90 valence electrons. The highest BCUT2D eigenvalue weighted by Crippen LogP contribution is 2.19. The van der Waals surface area contributed by atoms with Crippen LogP contribution in [0, 0.1) is 0 Å². The summed E-state index contributed by atoms with van der Waals surface area (Å²) in [6.45, 7) is 0.343. The van der Waals surface area contributed by atoms with Crippen LogP contribution in [0.25, 0.3) is 10.9 Å². The van der Waals surface area contributed by atoms with Crippen LogP contribution in [0.5, 0.6) is 0 Å². The minimum atomic E-state index is -0.0715. The van der Waals surface area contributed by atoms with Crippen LogP contribution in [0.4, 0.5) is 0 Å². The van der Waals surface area contributed by atoms with Gasteiger partial charge in [0.1, 0.15) is 10.0 Å². The van der Waals surface area contributed by atoms with Gasteiger partial charge in [-0.2, -0.15) is 0 Å². The molecule has 0 fully saturated rings. The van der Waals surface area contributed by atoms with Crippen LogP contribution in [0.15, 0.2) is 41.2 Å². The Kier molecular flexibility index (Phi) is 2.85. The minimum absolute atomic E-state index is 0.0715. The molecule has 3 aromatic rings. The molecule has 0 bridgehead atoms. The molecule has 18 heavy (non-hydrogen) atoms. The maximum Gasteiger partial charge on any atom is 0.251 e. The van der Waals surface area contributed by atoms with Gasteiger partial charge in [-0.25, -0.2) is 0 Å². The summed E-state index contributed by atoms with van der Waals surface area (Å²) < 4.78 is 5.95. The van der Waals surface area contributed by atoms with E-state index in [4.69, 9.17) is 11.6 Å². The van der Waals surface area contributed by atoms with E-state index in [0.717, 1.165) is 22.4 Å². The summed E-state index contributed by atoms with van der Waals surface area (Å²) in [5.74, 6) is 0. The number of nitrogens with zero attached hydrogens (tertiary/aromatic N) is 3. The van der Waals surface area contributed by atoms with E-state index < -0.39 is 0 Å². The topological polar surface area (TPSA) is 47.8 Å². The first-order chi connectivity index (χ1) is 8.75. The summed E-state index contributed by atoms with van der Waals surface area (Å²) in [7, 11) is 0. The van der Waals surface area contributed by atoms with Gasteiger partial charge in [0.05, 0.1) is 12.1 Å². The van der Waals surface area contributed by atoms with Crippen molar-refractivity contribution in [1.29, 1.82) is 0 Å². The zero-order valence-corrected chi connectivity index (χ0v) is 10.8. The second kappa shape index (κ2) is 4.51. The van der Waals surface area contributed by atoms with Gasteiger partial charge in [-0.1, -0.05) is 34.3 Å². The van der Waals surface area contributed by atoms with E-state index in [2.05, 4.69) is 9.59 Å². The first-order valence-electron chi connectivity index (χ1n) is 5.31. The van der Waals surface area contributed by atoms with E-state index in [1.807, 2.05) is 30.3 Å². The summed E-state index contributed by atoms with van der Waals surface area (Å²) in [5.41, 5.74) is 1.42. The largest absolute Gasteiger partial charge is 0.302 e. The fraction of sp³-hybridized carbons (Fsp3) is 0.0833. The van der Waals surface area contributed by atoms with Crippen LogP contribution in [0.2, 0.25) is 4.34 Å². The number of halogens is 1. The Labute approximate surface area is 112 Å². The van der Waals surface area contributed by atoms with E-state index in [1.165, 1.54) is 0 Å². The fourth-order valence-electron chi connectivity index (χ4n) is 1.85. The van der Waals surface area contributed by atoms with Crippen LogP contribution in [-0.4, -0.2) is 14.2 Å². The molecule has 2 heterocycles. The lowest BCUT2D eigenvalue weighted by atomic mass is 10.2. The fourth-order valence-corrected chi connectivity index (χ4v) is 2.46. The Bertz CT molecular complexity index is 765. The van der Waals surface area contributed by atoms with Crippen LogP contribution < -0.4 is 5.56 Å². The van der Waals surface area contributed by atoms with Crippen LogP contribution in [-0.2, 0) is 6.54 Å². The standard InChI is InChI=1S/C12H8ClN3OS/c13-12-9(14-15-18-12)7-16-10-4-2-1-3-8(10)5-6-11(16)17/h1-6H,7H2. The SMILES string of the molecule is O=c1ccc2ccccc2n1Cc1nnsc1Cl. The van der Waals surface area contributed by atoms with Gasteiger partial charge >= 0.3 is 0 Å². The third kappa shape index (κ3) is 1.91. The van der Waals surface area contributed by atoms with Gasteiger partial charge in [0, 0.05) is 17.6 Å². The molecule has 6 heteroatoms. The predicted molar refractivity (Wildman–Crippen MR) is 72.2 cm³/mol. The van der Waals surface area contributed by atoms with Crippen molar-refractivity contribution in [2.75, 3.05) is 0 Å². The highest BCUT2D eigenvalue weighted by Gasteiger charge is 2.09. The molecule has 0 aliphatic carbocycles. The number of hydrogen-bond acceptors (Lipinski definition) is 4. The lowest BCUT2D eigenvalue weighted by Gasteiger charge is -2.08. The van der Waals surface area contributed by atoms with Gasteiger partial charge in [0.25, 0.3) is 5.56 Å². The number of pyridine rings is 1. The van der Waals surface area contributed by atoms with Crippen LogP contribution in [0.1, 0.15) is 5.69 Å². The van der Waals surface area contributed by atoms with E-state index in [-0.39, 0.29) is 5.56 Å². The molecule has 0 amide bonds. The molecule has 2 aromatic heterocycles. The Morgan fingerprint density at radius 2 is 2.06 bits per heavy atom. The van der Waals surface area contributed by atoms with Gasteiger partial charge in [-0.05, 0) is 17.5 Å². The Morgan fingerprint density at radius 1 is 1.22 bits per heavy atom. The number of fused-ring (bicyclic) bond motifs is 1. The van der Waals surface area contributed by atoms with E-state index in [1.54, 1.807) is 10.6 Å². The number of rotatable bonds is 2. The summed E-state index contributed by atoms with van der Waals surface area (Å²) in [4.78, 5) is 11.9. The molecule has 0 aliphatic heterocycles. The van der Waals surface area contributed by atoms with E-state index in [9.17, 15) is 4.79 Å². The minimum Gasteiger partial charge on any atom is -0.302 e. The molecular formula is C12H8ClN3OS. The molecule has 0 N–H and O–H groups in total. The Morgan fingerprint density at radius 3 is 2.83 bits per heavy atom. The Balaban J connectivity index is 2.19. The van der Waals surface area contributed by atoms with Crippen molar-refractivity contribution in [3.05, 3.63) is 56.8 Å². The maximum absolute atomic E-state index is 11.9. The molecule has 3 rings (SSSR count). The number of benzene rings is 1. The van der Waals surface area contributed by atoms with Crippen molar-refractivity contribution in [3.8, 4) is 0 Å². The molecule has 0 unspecified atom stereocenters. The highest BCUT2D eigenvalue weighted by atomic mass is 35.5. The van der Waals surface area contributed by atoms with Gasteiger partial charge in [-0.15, -0.1) is 5.10 Å². The zero-order chi connectivity index (χ0) is 12.5. The van der Waals surface area contributed by atoms with Gasteiger partial charge in [-0.3, -0.25) is 4.79 Å². The summed E-state index contributed by atoms with van der Waals surface area (Å²) >= 11 is 7.10. The van der Waals surface area contributed by atoms with Gasteiger partial charge in [0.15, 0.2) is 0 Å². The number of para-hydroxylation sites is 1. The highest BCUT2D eigenvalue weighted by molar-refractivity contribution is 7.10. The van der Waals surface area contributed by atoms with E-state index in [0.29, 0.717) is 16.6 Å². The summed E-state index contributed by atoms with van der Waals surface area (Å²) in [5, 5.41) is 4.95. The second-order valence-corrected chi connectivity index (χ2v) is 5.17. The molecule has 0 saturated carbocycles. The van der Waals surface area contributed by atoms with Crippen molar-refractivity contribution in [1.82, 2.24) is 14.2 Å². The first-order valence-corrected chi connectivity index (χ1v) is 6.46. The molecule has 0 saturated heterocycles. The number of aromatic nitrogens is 3. The van der Waals surface area contributed by atoms with Crippen LogP contribution in [0.3, 0.4) is 0 Å². The average Bonchev–Trinajstić information content (AvgIpc) is 2.79. The molecule has 0 radical (unpaired) electrons. The molecule has 0 atom stereocenters. The predicted octanol–water partition coefficient (Wildman–Crippen LogP) is 2.55. The molecule has 0 aliphatic rings. The second-order valence-electron chi connectivity index (χ2n) is 3.81. The molecular weight excluding hydrogens is 270 g/mol. The first kappa shape index (κ1) is 11.4. The lowest BCUT2D eigenvalue weighted by Crippen LogP contribution is -2.20. The normalized spacial score (nSPS) is 10.9. The molecule has 0 spiro atoms. The summed E-state index contributed by atoms with van der Waals surface area (Å²) in [6.07, 6.45) is 0. The van der Waals surface area contributed by atoms with Crippen molar-refractivity contribution < 1.29 is 0 Å². The third-order valence-corrected chi connectivity index (χ3v) is 3.70. The van der Waals surface area contributed by atoms with Crippen molar-refractivity contribution in [2.45, 2.75) is 6.54 Å². The maximum atomic E-state index is 11.9. The summed E-state index contributed by atoms with van der Waals surface area (Å²) in [6, 6.07) is 11.1. The average molecular weight is 278 g/mol. The molecule has 4 nitrogen and oxygen atoms in total. The van der Waals surface area contributed by atoms with Crippen molar-refractivity contribution in [2.24, 2.45) is 0 Å². The smallest absolute Gasteiger partial charge is 0.251 e. The Hall–Kier alpha value is -1.72. The van der Waals surface area contributed by atoms with E-state index >= 15 is 0 Å². The van der Waals surface area contributed by atoms with Crippen LogP contribution >= 0.6 is 23.1 Å². The zero-order valence-electron chi connectivity index (χ0n) is 9.21. The monoisotopic (exact) mass is 277 g/mol. The lowest BCUT2D eigenvalue weighted by molar-refractivity contribution is 0.766. The number of hydrogen-bond donors (Lipinski definition) is 0.